The molecule has 0 N–H and O–H groups in total. The molecule has 2 aliphatic rings. The lowest BCUT2D eigenvalue weighted by molar-refractivity contribution is -0.420. The van der Waals surface area contributed by atoms with Gasteiger partial charge < -0.3 is 9.64 Å². The number of anilines is 1. The third-order valence-electron chi connectivity index (χ3n) is 3.89. The van der Waals surface area contributed by atoms with Crippen molar-refractivity contribution < 1.29 is 14.5 Å². The summed E-state index contributed by atoms with van der Waals surface area (Å²) in [6, 6.07) is 7.90. The van der Waals surface area contributed by atoms with E-state index in [4.69, 9.17) is 4.74 Å². The molecule has 0 fully saturated rings. The van der Waals surface area contributed by atoms with E-state index in [1.807, 2.05) is 49.3 Å². The molecule has 1 aromatic rings. The van der Waals surface area contributed by atoms with Gasteiger partial charge in [0, 0.05) is 25.9 Å². The normalized spacial score (nSPS) is 18.4. The van der Waals surface area contributed by atoms with E-state index in [0.29, 0.717) is 6.42 Å². The number of nitro groups is 1. The lowest BCUT2D eigenvalue weighted by Crippen LogP contribution is -2.15. The number of aliphatic imine (C=N–C) groups is 1. The molecule has 1 heterocycles. The molecule has 7 nitrogen and oxygen atoms in total. The van der Waals surface area contributed by atoms with Crippen LogP contribution in [0.4, 0.5) is 5.69 Å². The van der Waals surface area contributed by atoms with Gasteiger partial charge in [-0.05, 0) is 29.7 Å². The highest BCUT2D eigenvalue weighted by atomic mass is 16.6. The molecule has 0 saturated heterocycles. The minimum atomic E-state index is -0.499. The summed E-state index contributed by atoms with van der Waals surface area (Å²) in [5.74, 6) is -0.469. The van der Waals surface area contributed by atoms with E-state index < -0.39 is 10.9 Å². The van der Waals surface area contributed by atoms with E-state index in [-0.39, 0.29) is 23.7 Å². The maximum atomic E-state index is 11.4. The summed E-state index contributed by atoms with van der Waals surface area (Å²) in [5, 5.41) is 11.4. The lowest BCUT2D eigenvalue weighted by atomic mass is 9.97. The monoisotopic (exact) mass is 339 g/mol. The number of esters is 1. The second kappa shape index (κ2) is 6.72. The number of hydrogen-bond donors (Lipinski definition) is 0. The maximum absolute atomic E-state index is 11.4. The summed E-state index contributed by atoms with van der Waals surface area (Å²) in [5.41, 5.74) is 2.99. The second-order valence-corrected chi connectivity index (χ2v) is 5.91. The van der Waals surface area contributed by atoms with Gasteiger partial charge in [-0.1, -0.05) is 24.3 Å². The molecule has 0 unspecified atom stereocenters. The van der Waals surface area contributed by atoms with Crippen LogP contribution in [0, 0.1) is 10.1 Å². The molecule has 128 valence electrons. The predicted octanol–water partition coefficient (Wildman–Crippen LogP) is 2.58. The average molecular weight is 339 g/mol. The largest absolute Gasteiger partial charge is 0.406 e. The summed E-state index contributed by atoms with van der Waals surface area (Å²) < 4.78 is 4.94. The van der Waals surface area contributed by atoms with E-state index in [9.17, 15) is 14.9 Å². The van der Waals surface area contributed by atoms with Gasteiger partial charge >= 0.3 is 5.97 Å². The molecule has 0 bridgehead atoms. The molecule has 0 spiro atoms. The van der Waals surface area contributed by atoms with Gasteiger partial charge in [-0.15, -0.1) is 0 Å². The Labute approximate surface area is 144 Å². The van der Waals surface area contributed by atoms with E-state index in [1.165, 1.54) is 6.08 Å². The van der Waals surface area contributed by atoms with Gasteiger partial charge in [0.1, 0.15) is 12.1 Å². The van der Waals surface area contributed by atoms with Gasteiger partial charge in [0.2, 0.25) is 5.90 Å². The fourth-order valence-electron chi connectivity index (χ4n) is 2.62. The number of hydrogen-bond acceptors (Lipinski definition) is 6. The first-order valence-electron chi connectivity index (χ1n) is 7.74. The van der Waals surface area contributed by atoms with Crippen molar-refractivity contribution in [2.45, 2.75) is 6.42 Å². The maximum Gasteiger partial charge on any atom is 0.334 e. The third kappa shape index (κ3) is 3.65. The molecule has 0 saturated carbocycles. The minimum absolute atomic E-state index is 0.0299. The Hall–Kier alpha value is -3.22. The van der Waals surface area contributed by atoms with E-state index in [2.05, 4.69) is 4.99 Å². The molecule has 1 aliphatic carbocycles. The van der Waals surface area contributed by atoms with Gasteiger partial charge in [0.25, 0.3) is 5.70 Å². The third-order valence-corrected chi connectivity index (χ3v) is 3.89. The average Bonchev–Trinajstić information content (AvgIpc) is 3.01. The first-order valence-corrected chi connectivity index (χ1v) is 7.74. The molecular weight excluding hydrogens is 322 g/mol. The van der Waals surface area contributed by atoms with E-state index >= 15 is 0 Å². The second-order valence-electron chi connectivity index (χ2n) is 5.91. The Morgan fingerprint density at radius 1 is 1.28 bits per heavy atom. The Kier molecular flexibility index (Phi) is 4.47. The van der Waals surface area contributed by atoms with Crippen LogP contribution in [0.1, 0.15) is 12.0 Å². The van der Waals surface area contributed by atoms with Crippen LogP contribution in [0.3, 0.4) is 0 Å². The standard InChI is InChI=1S/C18H17N3O4/c1-20(2)14-6-3-12(4-7-14)9-13-5-8-15(16(10-13)21(23)24)18-19-11-17(22)25-18/h3-4,6-10H,5,11H2,1-2H3. The van der Waals surface area contributed by atoms with Crippen molar-refractivity contribution in [3.05, 3.63) is 68.9 Å². The van der Waals surface area contributed by atoms with Crippen molar-refractivity contribution in [2.24, 2.45) is 4.99 Å². The van der Waals surface area contributed by atoms with Crippen molar-refractivity contribution in [1.82, 2.24) is 0 Å². The number of ether oxygens (including phenoxy) is 1. The van der Waals surface area contributed by atoms with Gasteiger partial charge in [0.05, 0.1) is 4.92 Å². The molecule has 0 radical (unpaired) electrons. The van der Waals surface area contributed by atoms with Gasteiger partial charge in [-0.25, -0.2) is 9.79 Å². The van der Waals surface area contributed by atoms with Crippen molar-refractivity contribution in [2.75, 3.05) is 25.5 Å². The zero-order valence-corrected chi connectivity index (χ0v) is 13.9. The number of benzene rings is 1. The van der Waals surface area contributed by atoms with Crippen molar-refractivity contribution in [3.63, 3.8) is 0 Å². The highest BCUT2D eigenvalue weighted by Gasteiger charge is 2.31. The molecule has 1 aromatic carbocycles. The van der Waals surface area contributed by atoms with Crippen LogP contribution in [-0.4, -0.2) is 37.4 Å². The quantitative estimate of drug-likeness (QED) is 0.478. The molecule has 3 rings (SSSR count). The molecule has 1 aliphatic heterocycles. The highest BCUT2D eigenvalue weighted by Crippen LogP contribution is 2.27. The van der Waals surface area contributed by atoms with Crippen LogP contribution in [0.25, 0.3) is 6.08 Å². The van der Waals surface area contributed by atoms with Crippen LogP contribution >= 0.6 is 0 Å². The van der Waals surface area contributed by atoms with Crippen LogP contribution < -0.4 is 4.90 Å². The Bertz CT molecular complexity index is 846. The van der Waals surface area contributed by atoms with Gasteiger partial charge in [-0.3, -0.25) is 10.1 Å². The van der Waals surface area contributed by atoms with Crippen molar-refractivity contribution >= 4 is 23.6 Å². The zero-order chi connectivity index (χ0) is 18.0. The Balaban J connectivity index is 1.86. The fraction of sp³-hybridized carbons (Fsp3) is 0.222. The first kappa shape index (κ1) is 16.6. The zero-order valence-electron chi connectivity index (χ0n) is 13.9. The van der Waals surface area contributed by atoms with Crippen LogP contribution in [0.2, 0.25) is 0 Å². The van der Waals surface area contributed by atoms with Gasteiger partial charge in [0.15, 0.2) is 0 Å². The summed E-state index contributed by atoms with van der Waals surface area (Å²) in [6.45, 7) is -0.0986. The molecule has 0 aromatic heterocycles. The summed E-state index contributed by atoms with van der Waals surface area (Å²) >= 11 is 0. The number of cyclic esters (lactones) is 1. The van der Waals surface area contributed by atoms with Crippen LogP contribution in [-0.2, 0) is 9.53 Å². The van der Waals surface area contributed by atoms with Gasteiger partial charge in [-0.2, -0.15) is 0 Å². The van der Waals surface area contributed by atoms with Crippen LogP contribution in [0.15, 0.2) is 58.3 Å². The van der Waals surface area contributed by atoms with Crippen LogP contribution in [0.5, 0.6) is 0 Å². The number of carbonyl (C=O) groups is 1. The molecule has 25 heavy (non-hydrogen) atoms. The van der Waals surface area contributed by atoms with Crippen molar-refractivity contribution in [3.8, 4) is 0 Å². The Morgan fingerprint density at radius 2 is 2.00 bits per heavy atom. The summed E-state index contributed by atoms with van der Waals surface area (Å²) in [6.07, 6.45) is 5.58. The molecule has 0 amide bonds. The smallest absolute Gasteiger partial charge is 0.334 e. The minimum Gasteiger partial charge on any atom is -0.406 e. The molecule has 7 heteroatoms. The number of nitrogens with zero attached hydrogens (tertiary/aromatic N) is 3. The molecular formula is C18H17N3O4. The fourth-order valence-corrected chi connectivity index (χ4v) is 2.62. The number of rotatable bonds is 4. The lowest BCUT2D eigenvalue weighted by Gasteiger charge is -2.13. The first-order chi connectivity index (χ1) is 11.9. The number of allylic oxidation sites excluding steroid dienone is 3. The predicted molar refractivity (Wildman–Crippen MR) is 94.9 cm³/mol. The van der Waals surface area contributed by atoms with Crippen molar-refractivity contribution in [1.29, 1.82) is 0 Å². The SMILES string of the molecule is CN(C)c1ccc(C=C2C=C([N+](=O)[O-])C(C3=NCC(=O)O3)=CC2)cc1. The molecule has 0 atom stereocenters. The Morgan fingerprint density at radius 3 is 2.56 bits per heavy atom. The number of carbonyl (C=O) groups excluding carboxylic acids is 1. The van der Waals surface area contributed by atoms with E-state index in [0.717, 1.165) is 16.8 Å². The summed E-state index contributed by atoms with van der Waals surface area (Å²) in [7, 11) is 3.93. The topological polar surface area (TPSA) is 85.0 Å². The highest BCUT2D eigenvalue weighted by molar-refractivity contribution is 6.07. The van der Waals surface area contributed by atoms with E-state index in [1.54, 1.807) is 6.08 Å². The summed E-state index contributed by atoms with van der Waals surface area (Å²) in [4.78, 5) is 28.0.